The minimum Gasteiger partial charge on any atom is -0.368 e. The van der Waals surface area contributed by atoms with Gasteiger partial charge in [0.2, 0.25) is 5.91 Å². The van der Waals surface area contributed by atoms with Gasteiger partial charge in [0.1, 0.15) is 6.10 Å². The molecule has 104 valence electrons. The first kappa shape index (κ1) is 13.8. The zero-order chi connectivity index (χ0) is 13.0. The number of likely N-dealkylation sites (tertiary alicyclic amines) is 1. The molecule has 2 aliphatic rings. The fourth-order valence-corrected chi connectivity index (χ4v) is 2.90. The van der Waals surface area contributed by atoms with Crippen LogP contribution in [0.1, 0.15) is 39.5 Å². The number of carbonyl (C=O) groups excluding carboxylic acids is 1. The van der Waals surface area contributed by atoms with Gasteiger partial charge >= 0.3 is 0 Å². The minimum absolute atomic E-state index is 0.0735. The first-order chi connectivity index (χ1) is 8.66. The van der Waals surface area contributed by atoms with Gasteiger partial charge in [-0.25, -0.2) is 0 Å². The second-order valence-corrected chi connectivity index (χ2v) is 5.84. The number of nitrogens with one attached hydrogen (secondary N) is 1. The first-order valence-corrected chi connectivity index (χ1v) is 7.30. The summed E-state index contributed by atoms with van der Waals surface area (Å²) in [7, 11) is 0. The Bertz CT molecular complexity index is 277. The van der Waals surface area contributed by atoms with Gasteiger partial charge in [-0.2, -0.15) is 0 Å². The predicted molar refractivity (Wildman–Crippen MR) is 71.4 cm³/mol. The van der Waals surface area contributed by atoms with E-state index in [2.05, 4.69) is 24.1 Å². The molecule has 2 heterocycles. The molecule has 0 aromatic heterocycles. The SMILES string of the molecule is CC1CCCN(C(C)CNC(=O)C2CCCO2)C1. The Morgan fingerprint density at radius 1 is 1.44 bits per heavy atom. The molecule has 0 aromatic rings. The van der Waals surface area contributed by atoms with E-state index in [1.54, 1.807) is 0 Å². The second-order valence-electron chi connectivity index (χ2n) is 5.84. The Labute approximate surface area is 110 Å². The molecular weight excluding hydrogens is 228 g/mol. The third kappa shape index (κ3) is 3.69. The van der Waals surface area contributed by atoms with E-state index in [0.29, 0.717) is 6.04 Å². The molecule has 3 atom stereocenters. The molecule has 2 aliphatic heterocycles. The Kier molecular flexibility index (Phi) is 5.01. The second kappa shape index (κ2) is 6.53. The lowest BCUT2D eigenvalue weighted by Crippen LogP contribution is -2.47. The molecule has 1 N–H and O–H groups in total. The van der Waals surface area contributed by atoms with Crippen molar-refractivity contribution >= 4 is 5.91 Å². The van der Waals surface area contributed by atoms with Crippen LogP contribution in [-0.4, -0.2) is 49.2 Å². The maximum Gasteiger partial charge on any atom is 0.249 e. The fraction of sp³-hybridized carbons (Fsp3) is 0.929. The molecule has 2 rings (SSSR count). The van der Waals surface area contributed by atoms with Crippen molar-refractivity contribution in [1.82, 2.24) is 10.2 Å². The largest absolute Gasteiger partial charge is 0.368 e. The third-order valence-corrected chi connectivity index (χ3v) is 4.11. The standard InChI is InChI=1S/C14H26N2O2/c1-11-5-3-7-16(10-11)12(2)9-15-14(17)13-6-4-8-18-13/h11-13H,3-10H2,1-2H3,(H,15,17). The van der Waals surface area contributed by atoms with Gasteiger partial charge in [-0.3, -0.25) is 9.69 Å². The van der Waals surface area contributed by atoms with Crippen molar-refractivity contribution in [2.75, 3.05) is 26.2 Å². The van der Waals surface area contributed by atoms with Crippen LogP contribution in [0.2, 0.25) is 0 Å². The normalized spacial score (nSPS) is 31.2. The van der Waals surface area contributed by atoms with E-state index >= 15 is 0 Å². The van der Waals surface area contributed by atoms with Crippen molar-refractivity contribution < 1.29 is 9.53 Å². The zero-order valence-corrected chi connectivity index (χ0v) is 11.7. The molecule has 3 unspecified atom stereocenters. The highest BCUT2D eigenvalue weighted by Gasteiger charge is 2.25. The van der Waals surface area contributed by atoms with Gasteiger partial charge in [-0.15, -0.1) is 0 Å². The van der Waals surface area contributed by atoms with Crippen LogP contribution < -0.4 is 5.32 Å². The smallest absolute Gasteiger partial charge is 0.249 e. The average molecular weight is 254 g/mol. The lowest BCUT2D eigenvalue weighted by Gasteiger charge is -2.35. The van der Waals surface area contributed by atoms with Crippen molar-refractivity contribution in [1.29, 1.82) is 0 Å². The van der Waals surface area contributed by atoms with Crippen LogP contribution in [0, 0.1) is 5.92 Å². The van der Waals surface area contributed by atoms with E-state index in [4.69, 9.17) is 4.74 Å². The van der Waals surface area contributed by atoms with Crippen molar-refractivity contribution in [2.24, 2.45) is 5.92 Å². The van der Waals surface area contributed by atoms with Gasteiger partial charge in [0, 0.05) is 25.7 Å². The van der Waals surface area contributed by atoms with E-state index in [-0.39, 0.29) is 12.0 Å². The molecule has 0 saturated carbocycles. The average Bonchev–Trinajstić information content (AvgIpc) is 2.89. The quantitative estimate of drug-likeness (QED) is 0.824. The van der Waals surface area contributed by atoms with Crippen LogP contribution >= 0.6 is 0 Å². The molecule has 1 amide bonds. The maximum atomic E-state index is 11.8. The summed E-state index contributed by atoms with van der Waals surface area (Å²) in [6.07, 6.45) is 4.31. The van der Waals surface area contributed by atoms with Crippen LogP contribution in [0.4, 0.5) is 0 Å². The summed E-state index contributed by atoms with van der Waals surface area (Å²) in [5.41, 5.74) is 0. The van der Waals surface area contributed by atoms with E-state index < -0.39 is 0 Å². The maximum absolute atomic E-state index is 11.8. The van der Waals surface area contributed by atoms with Crippen molar-refractivity contribution in [3.8, 4) is 0 Å². The zero-order valence-electron chi connectivity index (χ0n) is 11.7. The molecule has 0 bridgehead atoms. The van der Waals surface area contributed by atoms with Crippen LogP contribution in [0.3, 0.4) is 0 Å². The summed E-state index contributed by atoms with van der Waals surface area (Å²) in [6.45, 7) is 8.32. The summed E-state index contributed by atoms with van der Waals surface area (Å²) >= 11 is 0. The highest BCUT2D eigenvalue weighted by Crippen LogP contribution is 2.17. The van der Waals surface area contributed by atoms with Crippen molar-refractivity contribution in [2.45, 2.75) is 51.7 Å². The van der Waals surface area contributed by atoms with Crippen LogP contribution in [0.5, 0.6) is 0 Å². The Morgan fingerprint density at radius 3 is 2.94 bits per heavy atom. The number of ether oxygens (including phenoxy) is 1. The van der Waals surface area contributed by atoms with Gasteiger partial charge < -0.3 is 10.1 Å². The summed E-state index contributed by atoms with van der Waals surface area (Å²) in [6, 6.07) is 0.429. The van der Waals surface area contributed by atoms with Gasteiger partial charge in [0.05, 0.1) is 0 Å². The Balaban J connectivity index is 1.70. The molecule has 2 fully saturated rings. The number of nitrogens with zero attached hydrogens (tertiary/aromatic N) is 1. The van der Waals surface area contributed by atoms with Crippen molar-refractivity contribution in [3.63, 3.8) is 0 Å². The molecular formula is C14H26N2O2. The van der Waals surface area contributed by atoms with E-state index in [0.717, 1.165) is 38.5 Å². The number of rotatable bonds is 4. The monoisotopic (exact) mass is 254 g/mol. The molecule has 4 nitrogen and oxygen atoms in total. The summed E-state index contributed by atoms with van der Waals surface area (Å²) in [5, 5.41) is 3.03. The highest BCUT2D eigenvalue weighted by molar-refractivity contribution is 5.80. The van der Waals surface area contributed by atoms with Gasteiger partial charge in [0.15, 0.2) is 0 Å². The summed E-state index contributed by atoms with van der Waals surface area (Å²) < 4.78 is 5.38. The van der Waals surface area contributed by atoms with Gasteiger partial charge in [-0.1, -0.05) is 6.92 Å². The molecule has 0 aromatic carbocycles. The van der Waals surface area contributed by atoms with Gasteiger partial charge in [0.25, 0.3) is 0 Å². The van der Waals surface area contributed by atoms with Crippen LogP contribution in [0.25, 0.3) is 0 Å². The van der Waals surface area contributed by atoms with E-state index in [1.165, 1.54) is 19.4 Å². The minimum atomic E-state index is -0.197. The van der Waals surface area contributed by atoms with Crippen molar-refractivity contribution in [3.05, 3.63) is 0 Å². The summed E-state index contributed by atoms with van der Waals surface area (Å²) in [5.74, 6) is 0.861. The number of hydrogen-bond donors (Lipinski definition) is 1. The third-order valence-electron chi connectivity index (χ3n) is 4.11. The number of amides is 1. The predicted octanol–water partition coefficient (Wildman–Crippen LogP) is 1.40. The van der Waals surface area contributed by atoms with Crippen LogP contribution in [-0.2, 0) is 9.53 Å². The molecule has 0 radical (unpaired) electrons. The van der Waals surface area contributed by atoms with Crippen LogP contribution in [0.15, 0.2) is 0 Å². The molecule has 18 heavy (non-hydrogen) atoms. The van der Waals surface area contributed by atoms with E-state index in [1.807, 2.05) is 0 Å². The molecule has 0 spiro atoms. The molecule has 4 heteroatoms. The molecule has 0 aliphatic carbocycles. The fourth-order valence-electron chi connectivity index (χ4n) is 2.90. The Hall–Kier alpha value is -0.610. The Morgan fingerprint density at radius 2 is 2.28 bits per heavy atom. The molecule has 2 saturated heterocycles. The summed E-state index contributed by atoms with van der Waals surface area (Å²) in [4.78, 5) is 14.3. The number of piperidine rings is 1. The lowest BCUT2D eigenvalue weighted by atomic mass is 9.99. The first-order valence-electron chi connectivity index (χ1n) is 7.30. The van der Waals surface area contributed by atoms with E-state index in [9.17, 15) is 4.79 Å². The number of hydrogen-bond acceptors (Lipinski definition) is 3. The lowest BCUT2D eigenvalue weighted by molar-refractivity contribution is -0.130. The number of carbonyl (C=O) groups is 1. The topological polar surface area (TPSA) is 41.6 Å². The van der Waals surface area contributed by atoms with Gasteiger partial charge in [-0.05, 0) is 45.1 Å². The highest BCUT2D eigenvalue weighted by atomic mass is 16.5.